The maximum Gasteiger partial charge on any atom is 0.272 e. The summed E-state index contributed by atoms with van der Waals surface area (Å²) in [6.07, 6.45) is 5.54. The minimum Gasteiger partial charge on any atom is -0.395 e. The normalized spacial score (nSPS) is 14.9. The fraction of sp³-hybridized carbons (Fsp3) is 0.318. The van der Waals surface area contributed by atoms with E-state index in [0.717, 1.165) is 48.1 Å². The van der Waals surface area contributed by atoms with Gasteiger partial charge < -0.3 is 16.8 Å². The summed E-state index contributed by atoms with van der Waals surface area (Å²) in [7, 11) is 0. The lowest BCUT2D eigenvalue weighted by Gasteiger charge is -2.29. The van der Waals surface area contributed by atoms with Crippen molar-refractivity contribution < 1.29 is 14.4 Å². The number of aromatic nitrogens is 2. The molecule has 1 saturated carbocycles. The average Bonchev–Trinajstić information content (AvgIpc) is 3.43. The van der Waals surface area contributed by atoms with E-state index in [1.807, 2.05) is 24.3 Å². The minimum atomic E-state index is -0.843. The van der Waals surface area contributed by atoms with Crippen LogP contribution in [0.25, 0.3) is 10.9 Å². The van der Waals surface area contributed by atoms with Gasteiger partial charge in [-0.1, -0.05) is 31.0 Å². The molecule has 32 heavy (non-hydrogen) atoms. The Balaban J connectivity index is 1.73. The average molecular weight is 453 g/mol. The van der Waals surface area contributed by atoms with Crippen LogP contribution in [-0.4, -0.2) is 39.2 Å². The predicted octanol–water partition coefficient (Wildman–Crippen LogP) is 2.47. The molecule has 3 aromatic rings. The van der Waals surface area contributed by atoms with Crippen LogP contribution in [0, 0.1) is 0 Å². The first-order valence-electron chi connectivity index (χ1n) is 10.4. The third-order valence-corrected chi connectivity index (χ3v) is 6.55. The largest absolute Gasteiger partial charge is 0.395 e. The van der Waals surface area contributed by atoms with E-state index in [9.17, 15) is 14.4 Å². The maximum absolute atomic E-state index is 13.6. The smallest absolute Gasteiger partial charge is 0.272 e. The van der Waals surface area contributed by atoms with Gasteiger partial charge in [0.2, 0.25) is 5.91 Å². The van der Waals surface area contributed by atoms with Gasteiger partial charge in [-0.15, -0.1) is 0 Å². The van der Waals surface area contributed by atoms with E-state index < -0.39 is 17.9 Å². The van der Waals surface area contributed by atoms with Gasteiger partial charge in [-0.25, -0.2) is 0 Å². The summed E-state index contributed by atoms with van der Waals surface area (Å²) < 4.78 is 3.93. The number of anilines is 2. The molecule has 0 aliphatic heterocycles. The van der Waals surface area contributed by atoms with Crippen molar-refractivity contribution in [2.75, 3.05) is 10.6 Å². The molecule has 0 bridgehead atoms. The summed E-state index contributed by atoms with van der Waals surface area (Å²) in [5.74, 6) is -1.63. The van der Waals surface area contributed by atoms with Crippen LogP contribution in [0.5, 0.6) is 0 Å². The van der Waals surface area contributed by atoms with Crippen molar-refractivity contribution in [2.24, 2.45) is 5.73 Å². The molecule has 1 aliphatic rings. The number of hydrogen-bond donors (Lipinski definition) is 3. The zero-order valence-corrected chi connectivity index (χ0v) is 18.4. The summed E-state index contributed by atoms with van der Waals surface area (Å²) in [6.45, 7) is 1.66. The molecule has 2 aromatic heterocycles. The summed E-state index contributed by atoms with van der Waals surface area (Å²) in [5, 5.41) is 3.86. The van der Waals surface area contributed by atoms with Gasteiger partial charge in [0, 0.05) is 11.4 Å². The number of primary amides is 1. The third-order valence-electron chi connectivity index (χ3n) is 5.70. The highest BCUT2D eigenvalue weighted by Crippen LogP contribution is 2.29. The molecule has 1 aliphatic carbocycles. The second-order valence-corrected chi connectivity index (χ2v) is 8.64. The van der Waals surface area contributed by atoms with Crippen molar-refractivity contribution in [2.45, 2.75) is 44.7 Å². The van der Waals surface area contributed by atoms with Crippen molar-refractivity contribution in [1.82, 2.24) is 14.7 Å². The Bertz CT molecular complexity index is 1190. The first-order valence-corrected chi connectivity index (χ1v) is 11.2. The Morgan fingerprint density at radius 2 is 1.94 bits per heavy atom. The van der Waals surface area contributed by atoms with Crippen LogP contribution in [-0.2, 0) is 4.79 Å². The van der Waals surface area contributed by atoms with E-state index in [4.69, 9.17) is 11.5 Å². The van der Waals surface area contributed by atoms with Crippen molar-refractivity contribution in [3.8, 4) is 0 Å². The van der Waals surface area contributed by atoms with E-state index in [0.29, 0.717) is 5.69 Å². The number of rotatable bonds is 6. The Morgan fingerprint density at radius 3 is 2.62 bits per heavy atom. The molecule has 4 rings (SSSR count). The van der Waals surface area contributed by atoms with Crippen LogP contribution in [0.15, 0.2) is 36.5 Å². The SMILES string of the molecule is CC(C(=O)NC1CCCC1)N(C(=O)c1snc(C(N)=O)c1N)c1cnc2ccccc2c1. The molecule has 1 unspecified atom stereocenters. The van der Waals surface area contributed by atoms with Gasteiger partial charge in [0.25, 0.3) is 11.8 Å². The van der Waals surface area contributed by atoms with Crippen molar-refractivity contribution in [1.29, 1.82) is 0 Å². The van der Waals surface area contributed by atoms with Gasteiger partial charge in [0.15, 0.2) is 5.69 Å². The molecule has 1 fully saturated rings. The second kappa shape index (κ2) is 8.91. The first kappa shape index (κ1) is 21.7. The molecule has 10 heteroatoms. The van der Waals surface area contributed by atoms with Gasteiger partial charge in [-0.05, 0) is 43.4 Å². The Kier molecular flexibility index (Phi) is 6.04. The molecule has 1 aromatic carbocycles. The minimum absolute atomic E-state index is 0.0486. The standard InChI is InChI=1S/C22H24N6O3S/c1-12(21(30)26-14-7-3-4-8-14)28(15-10-13-6-2-5-9-16(13)25-11-15)22(31)19-17(23)18(20(24)29)27-32-19/h2,5-6,9-12,14H,3-4,7-8,23H2,1H3,(H2,24,29)(H,26,30). The highest BCUT2D eigenvalue weighted by Gasteiger charge is 2.33. The zero-order valence-electron chi connectivity index (χ0n) is 17.6. The van der Waals surface area contributed by atoms with Crippen molar-refractivity contribution in [3.63, 3.8) is 0 Å². The number of benzene rings is 1. The number of pyridine rings is 1. The van der Waals surface area contributed by atoms with E-state index in [1.165, 1.54) is 4.90 Å². The molecule has 166 valence electrons. The lowest BCUT2D eigenvalue weighted by molar-refractivity contribution is -0.122. The fourth-order valence-electron chi connectivity index (χ4n) is 3.96. The summed E-state index contributed by atoms with van der Waals surface area (Å²) >= 11 is 0.782. The number of fused-ring (bicyclic) bond motifs is 1. The number of carbonyl (C=O) groups is 3. The molecule has 2 heterocycles. The molecule has 3 amide bonds. The van der Waals surface area contributed by atoms with Crippen LogP contribution in [0.4, 0.5) is 11.4 Å². The number of nitrogens with two attached hydrogens (primary N) is 2. The maximum atomic E-state index is 13.6. The van der Waals surface area contributed by atoms with Gasteiger partial charge in [0.1, 0.15) is 10.9 Å². The molecule has 0 radical (unpaired) electrons. The van der Waals surface area contributed by atoms with E-state index in [2.05, 4.69) is 14.7 Å². The lowest BCUT2D eigenvalue weighted by Crippen LogP contribution is -2.50. The number of carbonyl (C=O) groups excluding carboxylic acids is 3. The van der Waals surface area contributed by atoms with Crippen LogP contribution in [0.1, 0.15) is 52.8 Å². The Hall–Kier alpha value is -3.53. The third kappa shape index (κ3) is 4.13. The number of amides is 3. The number of nitrogens with zero attached hydrogens (tertiary/aromatic N) is 3. The van der Waals surface area contributed by atoms with Crippen LogP contribution >= 0.6 is 11.5 Å². The van der Waals surface area contributed by atoms with Gasteiger partial charge in [-0.3, -0.25) is 24.3 Å². The van der Waals surface area contributed by atoms with Gasteiger partial charge in [0.05, 0.1) is 23.1 Å². The summed E-state index contributed by atoms with van der Waals surface area (Å²) in [6, 6.07) is 8.55. The van der Waals surface area contributed by atoms with E-state index in [-0.39, 0.29) is 28.2 Å². The van der Waals surface area contributed by atoms with Crippen LogP contribution < -0.4 is 21.7 Å². The van der Waals surface area contributed by atoms with Gasteiger partial charge in [-0.2, -0.15) is 4.37 Å². The number of nitrogen functional groups attached to an aromatic ring is 1. The molecular weight excluding hydrogens is 428 g/mol. The number of nitrogens with one attached hydrogen (secondary N) is 1. The van der Waals surface area contributed by atoms with Crippen molar-refractivity contribution in [3.05, 3.63) is 47.1 Å². The monoisotopic (exact) mass is 452 g/mol. The van der Waals surface area contributed by atoms with Crippen LogP contribution in [0.2, 0.25) is 0 Å². The Morgan fingerprint density at radius 1 is 1.22 bits per heavy atom. The summed E-state index contributed by atoms with van der Waals surface area (Å²) in [5.41, 5.74) is 12.3. The molecule has 1 atom stereocenters. The quantitative estimate of drug-likeness (QED) is 0.524. The molecule has 0 saturated heterocycles. The summed E-state index contributed by atoms with van der Waals surface area (Å²) in [4.78, 5) is 44.0. The highest BCUT2D eigenvalue weighted by atomic mass is 32.1. The zero-order chi connectivity index (χ0) is 22.8. The topological polar surface area (TPSA) is 144 Å². The highest BCUT2D eigenvalue weighted by molar-refractivity contribution is 7.09. The molecule has 5 N–H and O–H groups in total. The molecule has 0 spiro atoms. The van der Waals surface area contributed by atoms with E-state index >= 15 is 0 Å². The molecule has 9 nitrogen and oxygen atoms in total. The number of hydrogen-bond acceptors (Lipinski definition) is 7. The number of para-hydroxylation sites is 1. The second-order valence-electron chi connectivity index (χ2n) is 7.87. The van der Waals surface area contributed by atoms with Gasteiger partial charge >= 0.3 is 0 Å². The van der Waals surface area contributed by atoms with Crippen LogP contribution in [0.3, 0.4) is 0 Å². The van der Waals surface area contributed by atoms with Crippen molar-refractivity contribution >= 4 is 51.5 Å². The molecular formula is C22H24N6O3S. The Labute approximate surface area is 189 Å². The van der Waals surface area contributed by atoms with E-state index in [1.54, 1.807) is 19.2 Å². The first-order chi connectivity index (χ1) is 15.4. The predicted molar refractivity (Wildman–Crippen MR) is 123 cm³/mol. The fourth-order valence-corrected chi connectivity index (χ4v) is 4.70. The lowest BCUT2D eigenvalue weighted by atomic mass is 10.1.